The maximum Gasteiger partial charge on any atom is 0.123 e. The molecule has 2 aromatic heterocycles. The SMILES string of the molecule is Cc1ccc(Cn2c(C)c(C)c3nccc(-c4ccc(F)cc4)c32)cc1. The smallest absolute Gasteiger partial charge is 0.123 e. The van der Waals surface area contributed by atoms with Crippen molar-refractivity contribution in [3.8, 4) is 11.1 Å². The topological polar surface area (TPSA) is 17.8 Å². The van der Waals surface area contributed by atoms with Crippen molar-refractivity contribution in [3.05, 3.63) is 89.0 Å². The molecule has 0 fully saturated rings. The van der Waals surface area contributed by atoms with Gasteiger partial charge < -0.3 is 4.57 Å². The van der Waals surface area contributed by atoms with Crippen LogP contribution in [0.15, 0.2) is 60.8 Å². The van der Waals surface area contributed by atoms with Crippen molar-refractivity contribution in [3.63, 3.8) is 0 Å². The zero-order chi connectivity index (χ0) is 18.3. The first-order valence-corrected chi connectivity index (χ1v) is 8.80. The van der Waals surface area contributed by atoms with E-state index in [1.165, 1.54) is 34.5 Å². The largest absolute Gasteiger partial charge is 0.338 e. The van der Waals surface area contributed by atoms with E-state index in [1.807, 2.05) is 24.4 Å². The summed E-state index contributed by atoms with van der Waals surface area (Å²) >= 11 is 0. The molecule has 0 saturated heterocycles. The third-order valence-corrected chi connectivity index (χ3v) is 5.11. The number of rotatable bonds is 3. The minimum absolute atomic E-state index is 0.221. The molecular formula is C23H21FN2. The molecule has 0 atom stereocenters. The number of aryl methyl sites for hydroxylation is 2. The molecular weight excluding hydrogens is 323 g/mol. The van der Waals surface area contributed by atoms with Gasteiger partial charge in [0.15, 0.2) is 0 Å². The van der Waals surface area contributed by atoms with E-state index in [9.17, 15) is 4.39 Å². The second-order valence-electron chi connectivity index (χ2n) is 6.84. The van der Waals surface area contributed by atoms with Crippen molar-refractivity contribution in [2.24, 2.45) is 0 Å². The fourth-order valence-corrected chi connectivity index (χ4v) is 3.48. The Bertz CT molecular complexity index is 1070. The van der Waals surface area contributed by atoms with E-state index in [1.54, 1.807) is 0 Å². The number of benzene rings is 2. The Kier molecular flexibility index (Phi) is 4.08. The summed E-state index contributed by atoms with van der Waals surface area (Å²) < 4.78 is 15.7. The van der Waals surface area contributed by atoms with Crippen LogP contribution >= 0.6 is 0 Å². The Hall–Kier alpha value is -2.94. The molecule has 26 heavy (non-hydrogen) atoms. The van der Waals surface area contributed by atoms with E-state index in [2.05, 4.69) is 54.6 Å². The molecule has 0 spiro atoms. The van der Waals surface area contributed by atoms with Crippen LogP contribution in [0.4, 0.5) is 4.39 Å². The van der Waals surface area contributed by atoms with E-state index in [0.717, 1.165) is 28.7 Å². The maximum atomic E-state index is 13.4. The summed E-state index contributed by atoms with van der Waals surface area (Å²) in [6.45, 7) is 7.14. The van der Waals surface area contributed by atoms with Gasteiger partial charge >= 0.3 is 0 Å². The van der Waals surface area contributed by atoms with Gasteiger partial charge in [0.05, 0.1) is 11.0 Å². The van der Waals surface area contributed by atoms with Crippen LogP contribution in [0.2, 0.25) is 0 Å². The Balaban J connectivity index is 1.93. The second-order valence-corrected chi connectivity index (χ2v) is 6.84. The molecule has 2 aromatic carbocycles. The Labute approximate surface area is 152 Å². The number of aromatic nitrogens is 2. The Morgan fingerprint density at radius 1 is 0.885 bits per heavy atom. The van der Waals surface area contributed by atoms with Gasteiger partial charge in [-0.2, -0.15) is 0 Å². The average molecular weight is 344 g/mol. The molecule has 0 N–H and O–H groups in total. The quantitative estimate of drug-likeness (QED) is 0.458. The molecule has 3 heteroatoms. The predicted molar refractivity (Wildman–Crippen MR) is 105 cm³/mol. The standard InChI is InChI=1S/C23H21FN2/c1-15-4-6-18(7-5-15)14-26-17(3)16(2)22-23(26)21(12-13-25-22)19-8-10-20(24)11-9-19/h4-13H,14H2,1-3H3. The molecule has 2 nitrogen and oxygen atoms in total. The molecule has 0 unspecified atom stereocenters. The monoisotopic (exact) mass is 344 g/mol. The van der Waals surface area contributed by atoms with Gasteiger partial charge in [-0.1, -0.05) is 42.0 Å². The molecule has 4 aromatic rings. The van der Waals surface area contributed by atoms with Crippen LogP contribution in [0.3, 0.4) is 0 Å². The summed E-state index contributed by atoms with van der Waals surface area (Å²) in [6, 6.07) is 17.3. The summed E-state index contributed by atoms with van der Waals surface area (Å²) in [7, 11) is 0. The van der Waals surface area contributed by atoms with Crippen molar-refractivity contribution < 1.29 is 4.39 Å². The van der Waals surface area contributed by atoms with Gasteiger partial charge in [0.1, 0.15) is 5.82 Å². The van der Waals surface area contributed by atoms with Crippen LogP contribution in [-0.4, -0.2) is 9.55 Å². The molecule has 0 aliphatic heterocycles. The lowest BCUT2D eigenvalue weighted by Crippen LogP contribution is -2.03. The fraction of sp³-hybridized carbons (Fsp3) is 0.174. The van der Waals surface area contributed by atoms with Crippen LogP contribution in [0.25, 0.3) is 22.2 Å². The predicted octanol–water partition coefficient (Wildman–Crippen LogP) is 5.82. The highest BCUT2D eigenvalue weighted by atomic mass is 19.1. The fourth-order valence-electron chi connectivity index (χ4n) is 3.48. The molecule has 0 radical (unpaired) electrons. The number of hydrogen-bond acceptors (Lipinski definition) is 1. The van der Waals surface area contributed by atoms with Gasteiger partial charge in [-0.15, -0.1) is 0 Å². The van der Waals surface area contributed by atoms with Crippen molar-refractivity contribution in [1.29, 1.82) is 0 Å². The number of fused-ring (bicyclic) bond motifs is 1. The normalized spacial score (nSPS) is 11.2. The van der Waals surface area contributed by atoms with E-state index in [-0.39, 0.29) is 5.82 Å². The molecule has 0 aliphatic rings. The highest BCUT2D eigenvalue weighted by Crippen LogP contribution is 2.33. The van der Waals surface area contributed by atoms with Gasteiger partial charge in [-0.3, -0.25) is 4.98 Å². The van der Waals surface area contributed by atoms with Crippen molar-refractivity contribution in [2.75, 3.05) is 0 Å². The van der Waals surface area contributed by atoms with Gasteiger partial charge in [0, 0.05) is 24.0 Å². The summed E-state index contributed by atoms with van der Waals surface area (Å²) in [6.07, 6.45) is 1.84. The summed E-state index contributed by atoms with van der Waals surface area (Å²) in [5.74, 6) is -0.221. The Morgan fingerprint density at radius 2 is 1.58 bits per heavy atom. The number of hydrogen-bond donors (Lipinski definition) is 0. The van der Waals surface area contributed by atoms with Crippen LogP contribution in [-0.2, 0) is 6.54 Å². The van der Waals surface area contributed by atoms with Gasteiger partial charge in [0.2, 0.25) is 0 Å². The van der Waals surface area contributed by atoms with Crippen molar-refractivity contribution in [1.82, 2.24) is 9.55 Å². The summed E-state index contributed by atoms with van der Waals surface area (Å²) in [5, 5.41) is 0. The van der Waals surface area contributed by atoms with Gasteiger partial charge in [-0.25, -0.2) is 4.39 Å². The summed E-state index contributed by atoms with van der Waals surface area (Å²) in [4.78, 5) is 4.63. The van der Waals surface area contributed by atoms with Crippen LogP contribution in [0.1, 0.15) is 22.4 Å². The number of nitrogens with zero attached hydrogens (tertiary/aromatic N) is 2. The van der Waals surface area contributed by atoms with E-state index in [4.69, 9.17) is 0 Å². The molecule has 0 amide bonds. The average Bonchev–Trinajstić information content (AvgIpc) is 2.89. The highest BCUT2D eigenvalue weighted by molar-refractivity contribution is 5.95. The van der Waals surface area contributed by atoms with Crippen molar-refractivity contribution in [2.45, 2.75) is 27.3 Å². The lowest BCUT2D eigenvalue weighted by atomic mass is 10.0. The Morgan fingerprint density at radius 3 is 2.27 bits per heavy atom. The second kappa shape index (κ2) is 6.41. The zero-order valence-corrected chi connectivity index (χ0v) is 15.3. The van der Waals surface area contributed by atoms with E-state index in [0.29, 0.717) is 0 Å². The van der Waals surface area contributed by atoms with Crippen LogP contribution in [0.5, 0.6) is 0 Å². The van der Waals surface area contributed by atoms with Crippen molar-refractivity contribution >= 4 is 11.0 Å². The van der Waals surface area contributed by atoms with E-state index < -0.39 is 0 Å². The number of halogens is 1. The van der Waals surface area contributed by atoms with Gasteiger partial charge in [-0.05, 0) is 55.7 Å². The highest BCUT2D eigenvalue weighted by Gasteiger charge is 2.16. The first kappa shape index (κ1) is 16.5. The lowest BCUT2D eigenvalue weighted by molar-refractivity contribution is 0.628. The minimum atomic E-state index is -0.221. The number of pyridine rings is 1. The molecule has 130 valence electrons. The maximum absolute atomic E-state index is 13.4. The van der Waals surface area contributed by atoms with Crippen LogP contribution in [0, 0.1) is 26.6 Å². The van der Waals surface area contributed by atoms with Crippen LogP contribution < -0.4 is 0 Å². The molecule has 4 rings (SSSR count). The zero-order valence-electron chi connectivity index (χ0n) is 15.3. The molecule has 2 heterocycles. The third kappa shape index (κ3) is 2.80. The molecule has 0 saturated carbocycles. The molecule has 0 aliphatic carbocycles. The summed E-state index contributed by atoms with van der Waals surface area (Å²) in [5.41, 5.74) is 9.11. The third-order valence-electron chi connectivity index (χ3n) is 5.11. The minimum Gasteiger partial charge on any atom is -0.338 e. The lowest BCUT2D eigenvalue weighted by Gasteiger charge is -2.12. The van der Waals surface area contributed by atoms with Gasteiger partial charge in [0.25, 0.3) is 0 Å². The first-order chi connectivity index (χ1) is 12.5. The molecule has 0 bridgehead atoms. The first-order valence-electron chi connectivity index (χ1n) is 8.80. The van der Waals surface area contributed by atoms with E-state index >= 15 is 0 Å².